The van der Waals surface area contributed by atoms with Gasteiger partial charge in [0.05, 0.1) is 22.9 Å². The third-order valence-electron chi connectivity index (χ3n) is 5.62. The average Bonchev–Trinajstić information content (AvgIpc) is 2.79. The van der Waals surface area contributed by atoms with Crippen molar-refractivity contribution >= 4 is 17.3 Å². The van der Waals surface area contributed by atoms with E-state index in [9.17, 15) is 5.11 Å². The van der Waals surface area contributed by atoms with Crippen molar-refractivity contribution in [2.75, 3.05) is 31.1 Å². The fraction of sp³-hybridized carbons (Fsp3) is 0.308. The van der Waals surface area contributed by atoms with Crippen LogP contribution in [0, 0.1) is 0 Å². The van der Waals surface area contributed by atoms with Gasteiger partial charge in [-0.2, -0.15) is 0 Å². The van der Waals surface area contributed by atoms with Crippen molar-refractivity contribution in [3.63, 3.8) is 0 Å². The Morgan fingerprint density at radius 3 is 2.39 bits per heavy atom. The number of hydrogen-bond acceptors (Lipinski definition) is 4. The molecule has 0 radical (unpaired) electrons. The van der Waals surface area contributed by atoms with Gasteiger partial charge in [-0.3, -0.25) is 4.90 Å². The van der Waals surface area contributed by atoms with Crippen molar-refractivity contribution in [3.8, 4) is 5.75 Å². The maximum Gasteiger partial charge on any atom is 0.121 e. The number of aliphatic hydroxyl groups excluding tert-OH is 1. The summed E-state index contributed by atoms with van der Waals surface area (Å²) in [5, 5.41) is 10.1. The van der Waals surface area contributed by atoms with Gasteiger partial charge < -0.3 is 14.7 Å². The van der Waals surface area contributed by atoms with E-state index in [0.717, 1.165) is 31.9 Å². The summed E-state index contributed by atoms with van der Waals surface area (Å²) >= 11 is 6.70. The van der Waals surface area contributed by atoms with E-state index in [1.54, 1.807) is 6.92 Å². The molecular weight excluding hydrogens is 408 g/mol. The minimum Gasteiger partial charge on any atom is -0.491 e. The normalized spacial score (nSPS) is 18.0. The highest BCUT2D eigenvalue weighted by Gasteiger charge is 2.29. The Hall–Kier alpha value is -2.53. The van der Waals surface area contributed by atoms with Gasteiger partial charge in [-0.1, -0.05) is 72.3 Å². The van der Waals surface area contributed by atoms with E-state index < -0.39 is 6.10 Å². The smallest absolute Gasteiger partial charge is 0.121 e. The second-order valence-corrected chi connectivity index (χ2v) is 8.52. The van der Waals surface area contributed by atoms with Crippen molar-refractivity contribution in [2.24, 2.45) is 0 Å². The lowest BCUT2D eigenvalue weighted by molar-refractivity contribution is 0.123. The molecule has 1 aliphatic heterocycles. The van der Waals surface area contributed by atoms with Crippen LogP contribution in [0.4, 0.5) is 5.69 Å². The summed E-state index contributed by atoms with van der Waals surface area (Å²) in [4.78, 5) is 4.91. The molecule has 162 valence electrons. The molecule has 1 aliphatic rings. The van der Waals surface area contributed by atoms with Gasteiger partial charge in [-0.25, -0.2) is 0 Å². The highest BCUT2D eigenvalue weighted by Crippen LogP contribution is 2.37. The summed E-state index contributed by atoms with van der Waals surface area (Å²) in [6.07, 6.45) is -0.515. The Bertz CT molecular complexity index is 966. The number of piperazine rings is 1. The Balaban J connectivity index is 1.56. The maximum absolute atomic E-state index is 9.46. The molecule has 0 spiro atoms. The molecule has 0 bridgehead atoms. The molecule has 0 aliphatic carbocycles. The summed E-state index contributed by atoms with van der Waals surface area (Å²) in [5.74, 6) is 0.675. The molecule has 1 fully saturated rings. The SMILES string of the molecule is C[C@H](O)COc1ccc(N2CCN(Cc3ccccc3)C[C@H]2c2ccccc2)c(Cl)c1. The van der Waals surface area contributed by atoms with Gasteiger partial charge in [-0.15, -0.1) is 0 Å². The number of halogens is 1. The van der Waals surface area contributed by atoms with Crippen LogP contribution >= 0.6 is 11.6 Å². The minimum atomic E-state index is -0.515. The third kappa shape index (κ3) is 5.59. The van der Waals surface area contributed by atoms with Gasteiger partial charge in [0.1, 0.15) is 12.4 Å². The second-order valence-electron chi connectivity index (χ2n) is 8.11. The van der Waals surface area contributed by atoms with E-state index in [1.165, 1.54) is 11.1 Å². The Kier molecular flexibility index (Phi) is 7.13. The van der Waals surface area contributed by atoms with Crippen LogP contribution in [0.15, 0.2) is 78.9 Å². The van der Waals surface area contributed by atoms with Crippen LogP contribution in [0.5, 0.6) is 5.75 Å². The molecule has 0 unspecified atom stereocenters. The molecule has 2 atom stereocenters. The van der Waals surface area contributed by atoms with Crippen LogP contribution in [0.2, 0.25) is 5.02 Å². The average molecular weight is 437 g/mol. The van der Waals surface area contributed by atoms with Crippen LogP contribution in [-0.4, -0.2) is 42.4 Å². The van der Waals surface area contributed by atoms with Crippen LogP contribution < -0.4 is 9.64 Å². The highest BCUT2D eigenvalue weighted by molar-refractivity contribution is 6.33. The molecule has 4 rings (SSSR count). The monoisotopic (exact) mass is 436 g/mol. The van der Waals surface area contributed by atoms with E-state index in [0.29, 0.717) is 10.8 Å². The Morgan fingerprint density at radius 2 is 1.71 bits per heavy atom. The highest BCUT2D eigenvalue weighted by atomic mass is 35.5. The fourth-order valence-electron chi connectivity index (χ4n) is 4.10. The van der Waals surface area contributed by atoms with Gasteiger partial charge in [0.15, 0.2) is 0 Å². The van der Waals surface area contributed by atoms with E-state index >= 15 is 0 Å². The van der Waals surface area contributed by atoms with Crippen molar-refractivity contribution < 1.29 is 9.84 Å². The minimum absolute atomic E-state index is 0.209. The molecule has 0 amide bonds. The number of benzene rings is 3. The van der Waals surface area contributed by atoms with E-state index in [-0.39, 0.29) is 12.6 Å². The lowest BCUT2D eigenvalue weighted by Gasteiger charge is -2.43. The van der Waals surface area contributed by atoms with Gasteiger partial charge in [0.2, 0.25) is 0 Å². The predicted molar refractivity (Wildman–Crippen MR) is 127 cm³/mol. The van der Waals surface area contributed by atoms with Crippen LogP contribution in [-0.2, 0) is 6.54 Å². The van der Waals surface area contributed by atoms with Crippen molar-refractivity contribution in [3.05, 3.63) is 95.0 Å². The summed E-state index contributed by atoms with van der Waals surface area (Å²) < 4.78 is 5.62. The summed E-state index contributed by atoms with van der Waals surface area (Å²) in [6.45, 7) is 5.68. The van der Waals surface area contributed by atoms with Gasteiger partial charge in [-0.05, 0) is 30.2 Å². The van der Waals surface area contributed by atoms with Crippen molar-refractivity contribution in [1.29, 1.82) is 0 Å². The van der Waals surface area contributed by atoms with Crippen LogP contribution in [0.25, 0.3) is 0 Å². The number of aliphatic hydroxyl groups is 1. The van der Waals surface area contributed by atoms with Gasteiger partial charge in [0, 0.05) is 32.2 Å². The lowest BCUT2D eigenvalue weighted by atomic mass is 10.0. The molecule has 3 aromatic carbocycles. The van der Waals surface area contributed by atoms with E-state index in [4.69, 9.17) is 16.3 Å². The largest absolute Gasteiger partial charge is 0.491 e. The Labute approximate surface area is 189 Å². The first kappa shape index (κ1) is 21.7. The summed E-state index contributed by atoms with van der Waals surface area (Å²) in [7, 11) is 0. The van der Waals surface area contributed by atoms with Crippen molar-refractivity contribution in [1.82, 2.24) is 4.90 Å². The molecule has 4 nitrogen and oxygen atoms in total. The zero-order chi connectivity index (χ0) is 21.6. The molecular formula is C26H29ClN2O2. The van der Waals surface area contributed by atoms with E-state index in [2.05, 4.69) is 70.5 Å². The molecule has 1 saturated heterocycles. The molecule has 1 N–H and O–H groups in total. The lowest BCUT2D eigenvalue weighted by Crippen LogP contribution is -2.48. The first-order valence-electron chi connectivity index (χ1n) is 10.8. The molecule has 0 saturated carbocycles. The van der Waals surface area contributed by atoms with Crippen LogP contribution in [0.1, 0.15) is 24.1 Å². The molecule has 1 heterocycles. The van der Waals surface area contributed by atoms with Gasteiger partial charge in [0.25, 0.3) is 0 Å². The van der Waals surface area contributed by atoms with Crippen LogP contribution in [0.3, 0.4) is 0 Å². The topological polar surface area (TPSA) is 35.9 Å². The quantitative estimate of drug-likeness (QED) is 0.554. The fourth-order valence-corrected chi connectivity index (χ4v) is 4.38. The van der Waals surface area contributed by atoms with E-state index in [1.807, 2.05) is 18.2 Å². The van der Waals surface area contributed by atoms with Gasteiger partial charge >= 0.3 is 0 Å². The first-order valence-corrected chi connectivity index (χ1v) is 11.2. The molecule has 0 aromatic heterocycles. The second kappa shape index (κ2) is 10.2. The predicted octanol–water partition coefficient (Wildman–Crippen LogP) is 5.16. The summed E-state index contributed by atoms with van der Waals surface area (Å²) in [5.41, 5.74) is 3.63. The Morgan fingerprint density at radius 1 is 1.00 bits per heavy atom. The number of nitrogens with zero attached hydrogens (tertiary/aromatic N) is 2. The number of hydrogen-bond donors (Lipinski definition) is 1. The molecule has 31 heavy (non-hydrogen) atoms. The zero-order valence-electron chi connectivity index (χ0n) is 17.8. The maximum atomic E-state index is 9.46. The molecule has 5 heteroatoms. The first-order chi connectivity index (χ1) is 15.1. The number of ether oxygens (including phenoxy) is 1. The third-order valence-corrected chi connectivity index (χ3v) is 5.92. The zero-order valence-corrected chi connectivity index (χ0v) is 18.6. The standard InChI is InChI=1S/C26H29ClN2O2/c1-20(30)19-31-23-12-13-25(24(27)16-23)29-15-14-28(17-21-8-4-2-5-9-21)18-26(29)22-10-6-3-7-11-22/h2-13,16,20,26,30H,14-15,17-19H2,1H3/t20-,26-/m0/s1. The molecule has 3 aromatic rings. The number of anilines is 1. The summed E-state index contributed by atoms with van der Waals surface area (Å²) in [6, 6.07) is 27.3. The number of rotatable bonds is 7. The van der Waals surface area contributed by atoms with Crippen molar-refractivity contribution in [2.45, 2.75) is 25.6 Å².